The predicted molar refractivity (Wildman–Crippen MR) is 156 cm³/mol. The topological polar surface area (TPSA) is 71.1 Å². The van der Waals surface area contributed by atoms with E-state index in [0.29, 0.717) is 30.4 Å². The summed E-state index contributed by atoms with van der Waals surface area (Å²) in [6.45, 7) is 12.6. The predicted octanol–water partition coefficient (Wildman–Crippen LogP) is 8.38. The zero-order chi connectivity index (χ0) is 28.8. The van der Waals surface area contributed by atoms with E-state index in [1.807, 2.05) is 24.3 Å². The molecule has 3 rings (SSSR count). The smallest absolute Gasteiger partial charge is 0.292 e. The van der Waals surface area contributed by atoms with Gasteiger partial charge in [0.15, 0.2) is 0 Å². The first-order valence-electron chi connectivity index (χ1n) is 15.0. The molecular formula is C34H46O6. The molecule has 0 N–H and O–H groups in total. The van der Waals surface area contributed by atoms with Crippen molar-refractivity contribution in [3.8, 4) is 0 Å². The third kappa shape index (κ3) is 10.0. The van der Waals surface area contributed by atoms with E-state index in [1.165, 1.54) is 49.7 Å². The van der Waals surface area contributed by atoms with E-state index >= 15 is 0 Å². The summed E-state index contributed by atoms with van der Waals surface area (Å²) in [4.78, 5) is 46.8. The van der Waals surface area contributed by atoms with Crippen LogP contribution in [0.5, 0.6) is 0 Å². The molecule has 6 nitrogen and oxygen atoms in total. The van der Waals surface area contributed by atoms with Crippen molar-refractivity contribution in [2.45, 2.75) is 109 Å². The van der Waals surface area contributed by atoms with Crippen LogP contribution >= 0.6 is 0 Å². The standard InChI is InChI=1S/C34H46O6/c1-5-7-9-11-13-27-15-19-29(20-16-27)32(35)38-37-31-25-26(3)23-24-34(31,4)40-39-33(36)30-21-17-28(18-22-30)14-12-10-8-6-2/h15-22,26,31H,3-14,23-25H2,1-2H3. The van der Waals surface area contributed by atoms with Crippen molar-refractivity contribution in [3.63, 3.8) is 0 Å². The van der Waals surface area contributed by atoms with Gasteiger partial charge < -0.3 is 0 Å². The van der Waals surface area contributed by atoms with E-state index in [4.69, 9.17) is 19.6 Å². The fourth-order valence-electron chi connectivity index (χ4n) is 4.91. The molecule has 0 aliphatic heterocycles. The van der Waals surface area contributed by atoms with Gasteiger partial charge in [0.25, 0.3) is 0 Å². The molecular weight excluding hydrogens is 504 g/mol. The molecule has 1 saturated carbocycles. The van der Waals surface area contributed by atoms with E-state index in [1.54, 1.807) is 24.3 Å². The summed E-state index contributed by atoms with van der Waals surface area (Å²) in [5.74, 6) is -1.14. The van der Waals surface area contributed by atoms with Gasteiger partial charge >= 0.3 is 11.9 Å². The van der Waals surface area contributed by atoms with Gasteiger partial charge in [0, 0.05) is 0 Å². The molecule has 2 radical (unpaired) electrons. The summed E-state index contributed by atoms with van der Waals surface area (Å²) < 4.78 is 0. The van der Waals surface area contributed by atoms with Crippen LogP contribution in [0.3, 0.4) is 0 Å². The second kappa shape index (κ2) is 16.5. The van der Waals surface area contributed by atoms with Crippen LogP contribution in [0, 0.1) is 19.8 Å². The van der Waals surface area contributed by atoms with Crippen LogP contribution in [0.2, 0.25) is 0 Å². The highest BCUT2D eigenvalue weighted by atomic mass is 17.2. The number of carbonyl (C=O) groups excluding carboxylic acids is 2. The largest absolute Gasteiger partial charge is 0.373 e. The first kappa shape index (κ1) is 31.8. The highest BCUT2D eigenvalue weighted by Crippen LogP contribution is 2.37. The second-order valence-electron chi connectivity index (χ2n) is 11.1. The van der Waals surface area contributed by atoms with Gasteiger partial charge in [-0.15, -0.1) is 0 Å². The zero-order valence-corrected chi connectivity index (χ0v) is 24.3. The van der Waals surface area contributed by atoms with E-state index in [-0.39, 0.29) is 5.92 Å². The fraction of sp³-hybridized carbons (Fsp3) is 0.529. The molecule has 2 aromatic carbocycles. The molecule has 3 atom stereocenters. The highest BCUT2D eigenvalue weighted by Gasteiger charge is 2.45. The Labute approximate surface area is 240 Å². The first-order chi connectivity index (χ1) is 19.3. The Morgan fingerprint density at radius 1 is 0.775 bits per heavy atom. The van der Waals surface area contributed by atoms with E-state index in [0.717, 1.165) is 25.7 Å². The van der Waals surface area contributed by atoms with Crippen molar-refractivity contribution >= 4 is 11.9 Å². The normalized spacial score (nSPS) is 20.7. The number of carbonyl (C=O) groups is 2. The number of aryl methyl sites for hydroxylation is 2. The lowest BCUT2D eigenvalue weighted by Crippen LogP contribution is -2.48. The average molecular weight is 551 g/mol. The summed E-state index contributed by atoms with van der Waals surface area (Å²) in [5.41, 5.74) is 1.94. The van der Waals surface area contributed by atoms with Gasteiger partial charge in [-0.2, -0.15) is 9.78 Å². The maximum Gasteiger partial charge on any atom is 0.373 e. The Kier molecular flexibility index (Phi) is 13.2. The molecule has 6 heteroatoms. The van der Waals surface area contributed by atoms with E-state index in [9.17, 15) is 9.59 Å². The lowest BCUT2D eigenvalue weighted by molar-refractivity contribution is -0.380. The SMILES string of the molecule is [CH2]C1CCC([CH2])(OOC(=O)c2ccc(CCCCCC)cc2)C(OOC(=O)c2ccc(CCCCCC)cc2)C1. The first-order valence-corrected chi connectivity index (χ1v) is 15.0. The monoisotopic (exact) mass is 550 g/mol. The molecule has 2 aromatic rings. The summed E-state index contributed by atoms with van der Waals surface area (Å²) in [6.07, 6.45) is 12.4. The summed E-state index contributed by atoms with van der Waals surface area (Å²) >= 11 is 0. The van der Waals surface area contributed by atoms with Gasteiger partial charge in [-0.3, -0.25) is 9.78 Å². The number of hydrogen-bond acceptors (Lipinski definition) is 6. The van der Waals surface area contributed by atoms with Gasteiger partial charge in [0.05, 0.1) is 11.1 Å². The van der Waals surface area contributed by atoms with Gasteiger partial charge in [-0.1, -0.05) is 83.6 Å². The van der Waals surface area contributed by atoms with Crippen LogP contribution in [-0.4, -0.2) is 23.6 Å². The Hall–Kier alpha value is -2.70. The molecule has 0 spiro atoms. The van der Waals surface area contributed by atoms with Crippen LogP contribution < -0.4 is 0 Å². The van der Waals surface area contributed by atoms with Gasteiger partial charge in [-0.05, 0) is 93.2 Å². The van der Waals surface area contributed by atoms with Crippen molar-refractivity contribution in [1.82, 2.24) is 0 Å². The molecule has 1 fully saturated rings. The fourth-order valence-corrected chi connectivity index (χ4v) is 4.91. The Morgan fingerprint density at radius 3 is 1.77 bits per heavy atom. The minimum Gasteiger partial charge on any atom is -0.292 e. The van der Waals surface area contributed by atoms with Crippen LogP contribution in [0.15, 0.2) is 48.5 Å². The van der Waals surface area contributed by atoms with Crippen LogP contribution in [-0.2, 0) is 32.4 Å². The number of unbranched alkanes of at least 4 members (excludes halogenated alkanes) is 6. The third-order valence-corrected chi connectivity index (χ3v) is 7.65. The zero-order valence-electron chi connectivity index (χ0n) is 24.3. The Bertz CT molecular complexity index is 1030. The number of hydrogen-bond donors (Lipinski definition) is 0. The van der Waals surface area contributed by atoms with Crippen LogP contribution in [0.1, 0.15) is 116 Å². The van der Waals surface area contributed by atoms with Gasteiger partial charge in [0.2, 0.25) is 0 Å². The molecule has 3 unspecified atom stereocenters. The minimum atomic E-state index is -1.23. The van der Waals surface area contributed by atoms with Crippen molar-refractivity contribution in [2.24, 2.45) is 5.92 Å². The summed E-state index contributed by atoms with van der Waals surface area (Å²) in [7, 11) is 0. The van der Waals surface area contributed by atoms with Crippen molar-refractivity contribution in [3.05, 3.63) is 84.6 Å². The summed E-state index contributed by atoms with van der Waals surface area (Å²) in [6, 6.07) is 14.8. The molecule has 0 amide bonds. The van der Waals surface area contributed by atoms with E-state index < -0.39 is 23.6 Å². The maximum atomic E-state index is 12.7. The molecule has 1 aliphatic rings. The van der Waals surface area contributed by atoms with Crippen molar-refractivity contribution in [2.75, 3.05) is 0 Å². The summed E-state index contributed by atoms with van der Waals surface area (Å²) in [5, 5.41) is 0. The molecule has 0 aromatic heterocycles. The average Bonchev–Trinajstić information content (AvgIpc) is 2.97. The maximum absolute atomic E-state index is 12.7. The Morgan fingerprint density at radius 2 is 1.27 bits per heavy atom. The third-order valence-electron chi connectivity index (χ3n) is 7.65. The second-order valence-corrected chi connectivity index (χ2v) is 11.1. The molecule has 218 valence electrons. The Balaban J connectivity index is 1.50. The molecule has 0 saturated heterocycles. The molecule has 0 bridgehead atoms. The molecule has 40 heavy (non-hydrogen) atoms. The quantitative estimate of drug-likeness (QED) is 0.119. The lowest BCUT2D eigenvalue weighted by Gasteiger charge is -2.39. The van der Waals surface area contributed by atoms with Crippen molar-refractivity contribution in [1.29, 1.82) is 0 Å². The highest BCUT2D eigenvalue weighted by molar-refractivity contribution is 5.89. The van der Waals surface area contributed by atoms with Crippen LogP contribution in [0.4, 0.5) is 0 Å². The van der Waals surface area contributed by atoms with Crippen molar-refractivity contribution < 1.29 is 29.1 Å². The number of benzene rings is 2. The lowest BCUT2D eigenvalue weighted by atomic mass is 9.78. The van der Waals surface area contributed by atoms with Gasteiger partial charge in [0.1, 0.15) is 11.7 Å². The van der Waals surface area contributed by atoms with Crippen LogP contribution in [0.25, 0.3) is 0 Å². The molecule has 0 heterocycles. The van der Waals surface area contributed by atoms with E-state index in [2.05, 4.69) is 27.7 Å². The van der Waals surface area contributed by atoms with Gasteiger partial charge in [-0.25, -0.2) is 9.59 Å². The number of rotatable bonds is 16. The molecule has 1 aliphatic carbocycles. The minimum absolute atomic E-state index is 0.0646.